The number of aromatic nitrogens is 3. The Labute approximate surface area is 116 Å². The molecule has 4 bridgehead atoms. The summed E-state index contributed by atoms with van der Waals surface area (Å²) in [7, 11) is 1.46. The van der Waals surface area contributed by atoms with E-state index in [9.17, 15) is 8.42 Å². The molecule has 0 aromatic carbocycles. The number of aromatic amines is 1. The summed E-state index contributed by atoms with van der Waals surface area (Å²) in [4.78, 5) is 4.14. The zero-order valence-corrected chi connectivity index (χ0v) is 12.0. The highest BCUT2D eigenvalue weighted by Crippen LogP contribution is 2.59. The predicted molar refractivity (Wildman–Crippen MR) is 69.2 cm³/mol. The third-order valence-corrected chi connectivity index (χ3v) is 6.28. The average Bonchev–Trinajstić information content (AvgIpc) is 2.76. The third-order valence-electron chi connectivity index (χ3n) is 5.24. The molecule has 1 heterocycles. The van der Waals surface area contributed by atoms with Crippen molar-refractivity contribution in [1.82, 2.24) is 15.2 Å². The fourth-order valence-corrected chi connectivity index (χ4v) is 5.46. The third kappa shape index (κ3) is 1.91. The van der Waals surface area contributed by atoms with Crippen molar-refractivity contribution in [3.05, 3.63) is 5.82 Å². The van der Waals surface area contributed by atoms with Gasteiger partial charge in [0.2, 0.25) is 0 Å². The molecular formula is C12H16ClN3O2S. The zero-order valence-electron chi connectivity index (χ0n) is 10.4. The lowest BCUT2D eigenvalue weighted by molar-refractivity contribution is -0.00560. The highest BCUT2D eigenvalue weighted by Gasteiger charge is 2.49. The zero-order chi connectivity index (χ0) is 13.2. The SMILES string of the molecule is O=S(=O)(Cl)c1n[nH]c(C2C3CC4CC(C3)CC2C4)n1. The summed E-state index contributed by atoms with van der Waals surface area (Å²) in [6, 6.07) is 0. The van der Waals surface area contributed by atoms with Gasteiger partial charge in [0.05, 0.1) is 0 Å². The fraction of sp³-hybridized carbons (Fsp3) is 0.833. The van der Waals surface area contributed by atoms with Crippen LogP contribution in [0.25, 0.3) is 0 Å². The largest absolute Gasteiger partial charge is 0.298 e. The van der Waals surface area contributed by atoms with Crippen LogP contribution in [-0.4, -0.2) is 23.6 Å². The van der Waals surface area contributed by atoms with Crippen molar-refractivity contribution in [2.24, 2.45) is 23.7 Å². The molecule has 1 N–H and O–H groups in total. The molecule has 0 aliphatic heterocycles. The smallest absolute Gasteiger partial charge is 0.262 e. The minimum Gasteiger partial charge on any atom is -0.262 e. The highest BCUT2D eigenvalue weighted by molar-refractivity contribution is 8.13. The van der Waals surface area contributed by atoms with Gasteiger partial charge in [-0.1, -0.05) is 0 Å². The Morgan fingerprint density at radius 3 is 2.11 bits per heavy atom. The number of halogens is 1. The molecule has 5 rings (SSSR count). The minimum atomic E-state index is -3.83. The van der Waals surface area contributed by atoms with Crippen molar-refractivity contribution in [3.63, 3.8) is 0 Å². The Morgan fingerprint density at radius 2 is 1.63 bits per heavy atom. The van der Waals surface area contributed by atoms with Gasteiger partial charge in [-0.2, -0.15) is 0 Å². The van der Waals surface area contributed by atoms with E-state index in [0.29, 0.717) is 17.8 Å². The molecule has 19 heavy (non-hydrogen) atoms. The molecule has 4 saturated carbocycles. The molecular weight excluding hydrogens is 286 g/mol. The fourth-order valence-electron chi connectivity index (χ4n) is 4.89. The first-order valence-corrected chi connectivity index (χ1v) is 9.18. The normalized spacial score (nSPS) is 40.8. The van der Waals surface area contributed by atoms with Gasteiger partial charge in [0.1, 0.15) is 5.82 Å². The van der Waals surface area contributed by atoms with Gasteiger partial charge in [0, 0.05) is 16.6 Å². The van der Waals surface area contributed by atoms with Gasteiger partial charge in [-0.15, -0.1) is 5.10 Å². The number of rotatable bonds is 2. The lowest BCUT2D eigenvalue weighted by Gasteiger charge is -2.53. The molecule has 0 unspecified atom stereocenters. The van der Waals surface area contributed by atoms with Crippen LogP contribution in [0.2, 0.25) is 0 Å². The van der Waals surface area contributed by atoms with Crippen molar-refractivity contribution >= 4 is 19.7 Å². The minimum absolute atomic E-state index is 0.280. The van der Waals surface area contributed by atoms with E-state index in [2.05, 4.69) is 15.2 Å². The van der Waals surface area contributed by atoms with Gasteiger partial charge in [0.25, 0.3) is 14.2 Å². The van der Waals surface area contributed by atoms with Crippen LogP contribution in [0.5, 0.6) is 0 Å². The summed E-state index contributed by atoms with van der Waals surface area (Å²) in [5.74, 6) is 4.15. The summed E-state index contributed by atoms with van der Waals surface area (Å²) >= 11 is 0. The number of hydrogen-bond donors (Lipinski definition) is 1. The summed E-state index contributed by atoms with van der Waals surface area (Å²) in [5, 5.41) is 6.30. The van der Waals surface area contributed by atoms with Crippen molar-refractivity contribution in [1.29, 1.82) is 0 Å². The second kappa shape index (κ2) is 3.95. The van der Waals surface area contributed by atoms with Crippen LogP contribution in [-0.2, 0) is 9.05 Å². The summed E-state index contributed by atoms with van der Waals surface area (Å²) in [6.45, 7) is 0. The quantitative estimate of drug-likeness (QED) is 0.850. The molecule has 4 aliphatic carbocycles. The molecule has 1 aromatic heterocycles. The molecule has 0 saturated heterocycles. The van der Waals surface area contributed by atoms with Crippen LogP contribution in [0.3, 0.4) is 0 Å². The molecule has 0 amide bonds. The van der Waals surface area contributed by atoms with E-state index in [1.54, 1.807) is 0 Å². The van der Waals surface area contributed by atoms with E-state index < -0.39 is 9.05 Å². The molecule has 7 heteroatoms. The highest BCUT2D eigenvalue weighted by atomic mass is 35.7. The van der Waals surface area contributed by atoms with Crippen LogP contribution in [0.4, 0.5) is 0 Å². The molecule has 0 atom stereocenters. The van der Waals surface area contributed by atoms with E-state index in [0.717, 1.165) is 17.7 Å². The maximum absolute atomic E-state index is 11.3. The molecule has 1 aromatic rings. The molecule has 0 radical (unpaired) electrons. The van der Waals surface area contributed by atoms with E-state index >= 15 is 0 Å². The Hall–Kier alpha value is -0.620. The van der Waals surface area contributed by atoms with Gasteiger partial charge in [0.15, 0.2) is 0 Å². The Bertz CT molecular complexity index is 584. The van der Waals surface area contributed by atoms with Crippen LogP contribution in [0.1, 0.15) is 43.8 Å². The number of H-pyrrole nitrogens is 1. The first kappa shape index (κ1) is 12.1. The molecule has 104 valence electrons. The Morgan fingerprint density at radius 1 is 1.05 bits per heavy atom. The monoisotopic (exact) mass is 301 g/mol. The second-order valence-corrected chi connectivity index (χ2v) is 8.86. The van der Waals surface area contributed by atoms with Crippen molar-refractivity contribution in [3.8, 4) is 0 Å². The van der Waals surface area contributed by atoms with E-state index in [-0.39, 0.29) is 5.16 Å². The van der Waals surface area contributed by atoms with Crippen molar-refractivity contribution < 1.29 is 8.42 Å². The summed E-state index contributed by atoms with van der Waals surface area (Å²) in [5.41, 5.74) is 0. The Balaban J connectivity index is 1.68. The predicted octanol–water partition coefficient (Wildman–Crippen LogP) is 2.27. The van der Waals surface area contributed by atoms with E-state index in [1.807, 2.05) is 0 Å². The summed E-state index contributed by atoms with van der Waals surface area (Å²) < 4.78 is 22.5. The van der Waals surface area contributed by atoms with Gasteiger partial charge < -0.3 is 0 Å². The van der Waals surface area contributed by atoms with E-state index in [4.69, 9.17) is 10.7 Å². The van der Waals surface area contributed by atoms with Crippen LogP contribution in [0.15, 0.2) is 5.16 Å². The first-order chi connectivity index (χ1) is 9.00. The van der Waals surface area contributed by atoms with Crippen LogP contribution < -0.4 is 0 Å². The van der Waals surface area contributed by atoms with Gasteiger partial charge in [-0.25, -0.2) is 13.4 Å². The standard InChI is InChI=1S/C12H16ClN3O2S/c13-19(17,18)12-14-11(15-16-12)10-8-2-6-1-7(4-8)5-9(10)3-6/h6-10H,1-5H2,(H,14,15,16). The molecule has 5 nitrogen and oxygen atoms in total. The van der Waals surface area contributed by atoms with Gasteiger partial charge >= 0.3 is 0 Å². The van der Waals surface area contributed by atoms with Crippen molar-refractivity contribution in [2.45, 2.75) is 43.2 Å². The lowest BCUT2D eigenvalue weighted by atomic mass is 9.52. The topological polar surface area (TPSA) is 75.7 Å². The second-order valence-electron chi connectivity index (χ2n) is 6.40. The number of nitrogens with one attached hydrogen (secondary N) is 1. The van der Waals surface area contributed by atoms with Crippen molar-refractivity contribution in [2.75, 3.05) is 0 Å². The van der Waals surface area contributed by atoms with Gasteiger partial charge in [-0.3, -0.25) is 5.10 Å². The number of hydrogen-bond acceptors (Lipinski definition) is 4. The Kier molecular flexibility index (Phi) is 2.52. The van der Waals surface area contributed by atoms with E-state index in [1.165, 1.54) is 32.1 Å². The number of nitrogens with zero attached hydrogens (tertiary/aromatic N) is 2. The molecule has 4 fully saturated rings. The average molecular weight is 302 g/mol. The molecule has 0 spiro atoms. The maximum atomic E-state index is 11.3. The van der Waals surface area contributed by atoms with Gasteiger partial charge in [-0.05, 0) is 55.8 Å². The molecule has 4 aliphatic rings. The first-order valence-electron chi connectivity index (χ1n) is 6.87. The van der Waals surface area contributed by atoms with Crippen LogP contribution >= 0.6 is 10.7 Å². The lowest BCUT2D eigenvalue weighted by Crippen LogP contribution is -2.44. The maximum Gasteiger partial charge on any atom is 0.298 e. The van der Waals surface area contributed by atoms with Crippen LogP contribution in [0, 0.1) is 23.7 Å². The summed E-state index contributed by atoms with van der Waals surface area (Å²) in [6.07, 6.45) is 6.46.